The first kappa shape index (κ1) is 9.49. The van der Waals surface area contributed by atoms with E-state index in [1.54, 1.807) is 12.3 Å². The van der Waals surface area contributed by atoms with Crippen molar-refractivity contribution in [3.05, 3.63) is 17.4 Å². The third kappa shape index (κ3) is 1.45. The fourth-order valence-corrected chi connectivity index (χ4v) is 1.10. The van der Waals surface area contributed by atoms with Crippen LogP contribution >= 0.6 is 11.6 Å². The molecule has 0 aliphatic carbocycles. The second-order valence-corrected chi connectivity index (χ2v) is 2.41. The number of hydrogen-bond acceptors (Lipinski definition) is 3. The van der Waals surface area contributed by atoms with Crippen LogP contribution in [0, 0.1) is 0 Å². The van der Waals surface area contributed by atoms with Crippen LogP contribution in [0.15, 0.2) is 12.3 Å². The Hall–Kier alpha value is -0.602. The Labute approximate surface area is 87.8 Å². The van der Waals surface area contributed by atoms with Crippen LogP contribution in [0.25, 0.3) is 11.0 Å². The fourth-order valence-electron chi connectivity index (χ4n) is 0.871. The molecule has 0 aliphatic heterocycles. The summed E-state index contributed by atoms with van der Waals surface area (Å²) < 4.78 is 0. The van der Waals surface area contributed by atoms with E-state index in [1.807, 2.05) is 0 Å². The number of rotatable bonds is 0. The standard InChI is InChI=1S/C6H4ClN4.W/c7-4-3-1-2-9-5(3)11-6(8)10-4;/h1-2H,(H2-,8,9,10,11);/q-1;. The van der Waals surface area contributed by atoms with E-state index in [2.05, 4.69) is 15.0 Å². The Morgan fingerprint density at radius 3 is 2.92 bits per heavy atom. The molecular formula is C6H4ClN4W-. The number of aromatic nitrogens is 3. The number of anilines is 1. The number of nitrogens with zero attached hydrogens (tertiary/aromatic N) is 3. The van der Waals surface area contributed by atoms with Crippen molar-refractivity contribution in [2.45, 2.75) is 0 Å². The molecule has 0 saturated carbocycles. The minimum atomic E-state index is 0. The summed E-state index contributed by atoms with van der Waals surface area (Å²) in [6.07, 6.45) is 1.62. The molecular weight excluding hydrogens is 347 g/mol. The number of nitrogens with two attached hydrogens (primary N) is 1. The normalized spacial score (nSPS) is 9.75. The van der Waals surface area contributed by atoms with Gasteiger partial charge in [0.05, 0.1) is 0 Å². The van der Waals surface area contributed by atoms with Crippen molar-refractivity contribution in [3.63, 3.8) is 0 Å². The van der Waals surface area contributed by atoms with Crippen molar-refractivity contribution in [3.8, 4) is 0 Å². The van der Waals surface area contributed by atoms with Crippen LogP contribution in [-0.2, 0) is 21.1 Å². The van der Waals surface area contributed by atoms with E-state index in [9.17, 15) is 0 Å². The van der Waals surface area contributed by atoms with Gasteiger partial charge in [-0.05, 0) is 5.65 Å². The van der Waals surface area contributed by atoms with Crippen LogP contribution in [0.2, 0.25) is 5.15 Å². The van der Waals surface area contributed by atoms with Crippen LogP contribution in [0.5, 0.6) is 0 Å². The number of hydrogen-bond donors (Lipinski definition) is 1. The molecule has 2 aromatic heterocycles. The molecule has 2 rings (SSSR count). The molecule has 0 radical (unpaired) electrons. The maximum Gasteiger partial charge on any atom is 0.138 e. The predicted molar refractivity (Wildman–Crippen MR) is 42.3 cm³/mol. The Morgan fingerprint density at radius 1 is 1.42 bits per heavy atom. The van der Waals surface area contributed by atoms with E-state index >= 15 is 0 Å². The molecule has 0 fully saturated rings. The molecule has 62 valence electrons. The summed E-state index contributed by atoms with van der Waals surface area (Å²) in [5.41, 5.74) is 5.88. The molecule has 0 saturated heterocycles. The monoisotopic (exact) mass is 351 g/mol. The zero-order chi connectivity index (χ0) is 7.84. The van der Waals surface area contributed by atoms with Crippen molar-refractivity contribution in [1.29, 1.82) is 0 Å². The van der Waals surface area contributed by atoms with E-state index in [1.165, 1.54) is 0 Å². The van der Waals surface area contributed by atoms with E-state index in [-0.39, 0.29) is 27.0 Å². The molecule has 2 aromatic rings. The first-order valence-electron chi connectivity index (χ1n) is 2.98. The molecule has 6 heteroatoms. The molecule has 0 atom stereocenters. The third-order valence-electron chi connectivity index (χ3n) is 1.33. The molecule has 2 heterocycles. The molecule has 0 spiro atoms. The number of nitrogen functional groups attached to an aromatic ring is 1. The molecule has 4 nitrogen and oxygen atoms in total. The molecule has 0 amide bonds. The zero-order valence-corrected chi connectivity index (χ0v) is 9.55. The maximum atomic E-state index is 5.73. The molecule has 0 unspecified atom stereocenters. The van der Waals surface area contributed by atoms with Crippen molar-refractivity contribution < 1.29 is 21.1 Å². The van der Waals surface area contributed by atoms with Crippen molar-refractivity contribution in [2.24, 2.45) is 0 Å². The van der Waals surface area contributed by atoms with Gasteiger partial charge in [0.25, 0.3) is 0 Å². The van der Waals surface area contributed by atoms with Gasteiger partial charge in [0, 0.05) is 26.5 Å². The van der Waals surface area contributed by atoms with Crippen LogP contribution in [0.4, 0.5) is 5.95 Å². The first-order valence-corrected chi connectivity index (χ1v) is 3.35. The van der Waals surface area contributed by atoms with E-state index in [0.717, 1.165) is 5.39 Å². The van der Waals surface area contributed by atoms with Gasteiger partial charge in [-0.15, -0.1) is 0 Å². The largest absolute Gasteiger partial charge is 0.442 e. The van der Waals surface area contributed by atoms with Gasteiger partial charge in [0.2, 0.25) is 0 Å². The van der Waals surface area contributed by atoms with Crippen molar-refractivity contribution >= 4 is 28.6 Å². The summed E-state index contributed by atoms with van der Waals surface area (Å²) in [6, 6.07) is 1.75. The topological polar surface area (TPSA) is 65.9 Å². The summed E-state index contributed by atoms with van der Waals surface area (Å²) in [6.45, 7) is 0. The second kappa shape index (κ2) is 3.42. The molecule has 2 N–H and O–H groups in total. The molecule has 0 aromatic carbocycles. The SMILES string of the molecule is Nc1nc(Cl)c2cc[n-]c2n1.[W]. The smallest absolute Gasteiger partial charge is 0.138 e. The maximum absolute atomic E-state index is 5.73. The third-order valence-corrected chi connectivity index (χ3v) is 1.62. The Balaban J connectivity index is 0.000000720. The zero-order valence-electron chi connectivity index (χ0n) is 5.86. The van der Waals surface area contributed by atoms with E-state index in [0.29, 0.717) is 10.8 Å². The van der Waals surface area contributed by atoms with Gasteiger partial charge < -0.3 is 15.7 Å². The van der Waals surface area contributed by atoms with Gasteiger partial charge in [-0.25, -0.2) is 4.98 Å². The number of fused-ring (bicyclic) bond motifs is 1. The summed E-state index contributed by atoms with van der Waals surface area (Å²) in [7, 11) is 0. The Bertz CT molecular complexity index is 399. The van der Waals surface area contributed by atoms with Crippen molar-refractivity contribution in [1.82, 2.24) is 15.0 Å². The van der Waals surface area contributed by atoms with Crippen molar-refractivity contribution in [2.75, 3.05) is 5.73 Å². The van der Waals surface area contributed by atoms with Gasteiger partial charge in [-0.1, -0.05) is 23.9 Å². The molecule has 0 bridgehead atoms. The summed E-state index contributed by atoms with van der Waals surface area (Å²) in [4.78, 5) is 11.6. The minimum Gasteiger partial charge on any atom is -0.442 e. The van der Waals surface area contributed by atoms with Crippen LogP contribution in [0.3, 0.4) is 0 Å². The van der Waals surface area contributed by atoms with Crippen LogP contribution in [0.1, 0.15) is 0 Å². The van der Waals surface area contributed by atoms with E-state index in [4.69, 9.17) is 17.3 Å². The predicted octanol–water partition coefficient (Wildman–Crippen LogP) is 0.820. The van der Waals surface area contributed by atoms with Gasteiger partial charge in [0.1, 0.15) is 11.1 Å². The molecule has 12 heavy (non-hydrogen) atoms. The summed E-state index contributed by atoms with van der Waals surface area (Å²) >= 11 is 5.73. The van der Waals surface area contributed by atoms with Gasteiger partial charge in [-0.3, -0.25) is 0 Å². The van der Waals surface area contributed by atoms with Crippen LogP contribution < -0.4 is 10.7 Å². The van der Waals surface area contributed by atoms with E-state index < -0.39 is 0 Å². The van der Waals surface area contributed by atoms with Gasteiger partial charge in [0.15, 0.2) is 0 Å². The Morgan fingerprint density at radius 2 is 2.17 bits per heavy atom. The first-order chi connectivity index (χ1) is 5.27. The average Bonchev–Trinajstić information content (AvgIpc) is 2.34. The molecule has 0 aliphatic rings. The van der Waals surface area contributed by atoms with Gasteiger partial charge in [-0.2, -0.15) is 0 Å². The Kier molecular flexibility index (Phi) is 2.70. The van der Waals surface area contributed by atoms with Crippen LogP contribution in [-0.4, -0.2) is 9.97 Å². The summed E-state index contributed by atoms with van der Waals surface area (Å²) in [5.74, 6) is 0.154. The van der Waals surface area contributed by atoms with Gasteiger partial charge >= 0.3 is 0 Å². The average molecular weight is 351 g/mol. The number of halogens is 1. The quantitative estimate of drug-likeness (QED) is 0.714. The minimum absolute atomic E-state index is 0. The second-order valence-electron chi connectivity index (χ2n) is 2.05. The summed E-state index contributed by atoms with van der Waals surface area (Å²) in [5, 5.41) is 1.09. The fraction of sp³-hybridized carbons (Fsp3) is 0.